The number of fused-ring (bicyclic) bond motifs is 2. The number of alkyl carbamates (subject to hydrolysis) is 1. The Morgan fingerprint density at radius 3 is 2.43 bits per heavy atom. The molecule has 2 atom stereocenters. The molecule has 6 nitrogen and oxygen atoms in total. The van der Waals surface area contributed by atoms with Crippen molar-refractivity contribution in [2.24, 2.45) is 5.92 Å². The summed E-state index contributed by atoms with van der Waals surface area (Å²) in [6.45, 7) is 4.90. The molecule has 1 aliphatic heterocycles. The number of ether oxygens (including phenoxy) is 1. The Balaban J connectivity index is 1.78. The zero-order valence-corrected chi connectivity index (χ0v) is 19.6. The van der Waals surface area contributed by atoms with Gasteiger partial charge in [-0.15, -0.1) is 0 Å². The fourth-order valence-corrected chi connectivity index (χ4v) is 4.26. The summed E-state index contributed by atoms with van der Waals surface area (Å²) in [6.07, 6.45) is -4.16. The van der Waals surface area contributed by atoms with Crippen LogP contribution >= 0.6 is 0 Å². The number of carbonyl (C=O) groups excluding carboxylic acids is 2. The van der Waals surface area contributed by atoms with E-state index in [1.807, 2.05) is 12.1 Å². The lowest BCUT2D eigenvalue weighted by Crippen LogP contribution is -2.50. The van der Waals surface area contributed by atoms with E-state index in [9.17, 15) is 22.8 Å². The zero-order chi connectivity index (χ0) is 25.4. The van der Waals surface area contributed by atoms with Gasteiger partial charge in [-0.2, -0.15) is 13.2 Å². The summed E-state index contributed by atoms with van der Waals surface area (Å²) < 4.78 is 49.0. The van der Waals surface area contributed by atoms with Gasteiger partial charge in [0.15, 0.2) is 5.92 Å². The van der Waals surface area contributed by atoms with Crippen LogP contribution in [0.25, 0.3) is 10.8 Å². The average Bonchev–Trinajstić information content (AvgIpc) is 3.20. The summed E-state index contributed by atoms with van der Waals surface area (Å²) in [5, 5.41) is 3.84. The van der Waals surface area contributed by atoms with Crippen LogP contribution in [0.15, 0.2) is 60.8 Å². The molecule has 2 amide bonds. The van der Waals surface area contributed by atoms with E-state index < -0.39 is 35.7 Å². The Kier molecular flexibility index (Phi) is 6.44. The number of anilines is 1. The summed E-state index contributed by atoms with van der Waals surface area (Å²) in [7, 11) is 0. The van der Waals surface area contributed by atoms with Gasteiger partial charge in [0.05, 0.1) is 6.04 Å². The Morgan fingerprint density at radius 1 is 1.03 bits per heavy atom. The summed E-state index contributed by atoms with van der Waals surface area (Å²) in [5.74, 6) is -3.52. The molecular weight excluding hydrogens is 459 g/mol. The number of nitrogens with zero attached hydrogens (tertiary/aromatic N) is 2. The second-order valence-electron chi connectivity index (χ2n) is 9.48. The first-order valence-electron chi connectivity index (χ1n) is 11.2. The number of nitrogens with one attached hydrogen (secondary N) is 1. The molecule has 1 N–H and O–H groups in total. The van der Waals surface area contributed by atoms with E-state index in [4.69, 9.17) is 4.74 Å². The third kappa shape index (κ3) is 5.39. The van der Waals surface area contributed by atoms with Gasteiger partial charge >= 0.3 is 12.3 Å². The lowest BCUT2D eigenvalue weighted by Gasteiger charge is -2.32. The molecule has 0 saturated carbocycles. The third-order valence-corrected chi connectivity index (χ3v) is 5.75. The maximum atomic E-state index is 14.6. The molecule has 3 aromatic rings. The number of benzene rings is 2. The predicted molar refractivity (Wildman–Crippen MR) is 126 cm³/mol. The van der Waals surface area contributed by atoms with Gasteiger partial charge in [-0.25, -0.2) is 9.78 Å². The highest BCUT2D eigenvalue weighted by molar-refractivity contribution is 5.97. The number of amides is 2. The van der Waals surface area contributed by atoms with E-state index in [0.29, 0.717) is 17.4 Å². The molecule has 4 rings (SSSR count). The van der Waals surface area contributed by atoms with Crippen LogP contribution in [0.3, 0.4) is 0 Å². The van der Waals surface area contributed by atoms with Gasteiger partial charge < -0.3 is 10.1 Å². The van der Waals surface area contributed by atoms with Crippen molar-refractivity contribution in [1.29, 1.82) is 0 Å². The Labute approximate surface area is 201 Å². The van der Waals surface area contributed by atoms with Crippen molar-refractivity contribution in [2.45, 2.75) is 45.0 Å². The Morgan fingerprint density at radius 2 is 1.74 bits per heavy atom. The molecular formula is C26H26F3N3O3. The van der Waals surface area contributed by atoms with Crippen molar-refractivity contribution in [3.05, 3.63) is 71.9 Å². The first kappa shape index (κ1) is 24.5. The Hall–Kier alpha value is -3.62. The number of carbonyl (C=O) groups is 2. The minimum absolute atomic E-state index is 0.0780. The predicted octanol–water partition coefficient (Wildman–Crippen LogP) is 5.57. The highest BCUT2D eigenvalue weighted by Gasteiger charge is 2.53. The average molecular weight is 486 g/mol. The molecule has 0 bridgehead atoms. The molecule has 184 valence electrons. The molecule has 2 heterocycles. The van der Waals surface area contributed by atoms with Crippen molar-refractivity contribution in [3.63, 3.8) is 0 Å². The normalized spacial score (nSPS) is 15.4. The number of hydrogen-bond acceptors (Lipinski definition) is 4. The molecule has 0 aliphatic carbocycles. The monoisotopic (exact) mass is 485 g/mol. The minimum atomic E-state index is -4.96. The molecule has 2 aromatic carbocycles. The van der Waals surface area contributed by atoms with Crippen LogP contribution in [0, 0.1) is 5.92 Å². The van der Waals surface area contributed by atoms with Gasteiger partial charge in [0.1, 0.15) is 11.4 Å². The molecule has 0 unspecified atom stereocenters. The summed E-state index contributed by atoms with van der Waals surface area (Å²) in [5.41, 5.74) is -0.0945. The van der Waals surface area contributed by atoms with Crippen LogP contribution in [0.4, 0.5) is 23.8 Å². The van der Waals surface area contributed by atoms with Gasteiger partial charge in [0.2, 0.25) is 5.91 Å². The molecule has 0 saturated heterocycles. The zero-order valence-electron chi connectivity index (χ0n) is 19.6. The topological polar surface area (TPSA) is 71.5 Å². The van der Waals surface area contributed by atoms with Gasteiger partial charge in [-0.3, -0.25) is 9.69 Å². The van der Waals surface area contributed by atoms with Gasteiger partial charge in [0, 0.05) is 12.7 Å². The molecule has 0 radical (unpaired) electrons. The molecule has 0 spiro atoms. The minimum Gasteiger partial charge on any atom is -0.444 e. The van der Waals surface area contributed by atoms with Crippen LogP contribution in [0.1, 0.15) is 37.9 Å². The van der Waals surface area contributed by atoms with E-state index >= 15 is 0 Å². The van der Waals surface area contributed by atoms with Crippen LogP contribution in [0.5, 0.6) is 0 Å². The summed E-state index contributed by atoms with van der Waals surface area (Å²) >= 11 is 0. The molecule has 1 aromatic heterocycles. The Bertz CT molecular complexity index is 1250. The number of halogens is 3. The highest BCUT2D eigenvalue weighted by atomic mass is 19.4. The van der Waals surface area contributed by atoms with E-state index in [1.54, 1.807) is 57.2 Å². The molecule has 35 heavy (non-hydrogen) atoms. The van der Waals surface area contributed by atoms with E-state index in [2.05, 4.69) is 10.3 Å². The van der Waals surface area contributed by atoms with E-state index in [1.165, 1.54) is 12.3 Å². The van der Waals surface area contributed by atoms with Crippen molar-refractivity contribution < 1.29 is 27.5 Å². The van der Waals surface area contributed by atoms with Crippen LogP contribution < -0.4 is 10.2 Å². The van der Waals surface area contributed by atoms with E-state index in [0.717, 1.165) is 10.3 Å². The molecule has 1 aliphatic rings. The van der Waals surface area contributed by atoms with Crippen molar-refractivity contribution in [3.8, 4) is 0 Å². The largest absolute Gasteiger partial charge is 0.444 e. The maximum absolute atomic E-state index is 14.6. The molecule has 0 fully saturated rings. The van der Waals surface area contributed by atoms with Crippen molar-refractivity contribution >= 4 is 28.6 Å². The second-order valence-corrected chi connectivity index (χ2v) is 9.48. The van der Waals surface area contributed by atoms with Crippen LogP contribution in [0.2, 0.25) is 0 Å². The van der Waals surface area contributed by atoms with Gasteiger partial charge in [0.25, 0.3) is 0 Å². The lowest BCUT2D eigenvalue weighted by molar-refractivity contribution is -0.187. The third-order valence-electron chi connectivity index (χ3n) is 5.75. The quantitative estimate of drug-likeness (QED) is 0.525. The maximum Gasteiger partial charge on any atom is 0.408 e. The number of aromatic nitrogens is 1. The van der Waals surface area contributed by atoms with Crippen LogP contribution in [-0.4, -0.2) is 35.3 Å². The fraction of sp³-hybridized carbons (Fsp3) is 0.346. The smallest absolute Gasteiger partial charge is 0.408 e. The van der Waals surface area contributed by atoms with E-state index in [-0.39, 0.29) is 17.9 Å². The fourth-order valence-electron chi connectivity index (χ4n) is 4.26. The number of rotatable bonds is 4. The lowest BCUT2D eigenvalue weighted by atomic mass is 9.89. The number of alkyl halides is 3. The standard InChI is InChI=1S/C26H26F3N3O3/c1-25(2,3)35-24(34)31-21(19-11-10-16-7-4-5-8-18(16)15-19)20(26(27,28)29)23(33)32-14-12-17-9-6-13-30-22(17)32/h4-11,13,15,20-21H,12,14H2,1-3H3,(H,31,34)/t20-,21+/m0/s1. The summed E-state index contributed by atoms with van der Waals surface area (Å²) in [4.78, 5) is 31.3. The number of pyridine rings is 1. The second kappa shape index (κ2) is 9.20. The first-order valence-corrected chi connectivity index (χ1v) is 11.2. The van der Waals surface area contributed by atoms with Gasteiger partial charge in [-0.1, -0.05) is 42.5 Å². The first-order chi connectivity index (χ1) is 16.4. The van der Waals surface area contributed by atoms with Gasteiger partial charge in [-0.05, 0) is 61.2 Å². The number of hydrogen-bond donors (Lipinski definition) is 1. The van der Waals surface area contributed by atoms with Crippen LogP contribution in [-0.2, 0) is 16.0 Å². The molecule has 9 heteroatoms. The highest BCUT2D eigenvalue weighted by Crippen LogP contribution is 2.40. The van der Waals surface area contributed by atoms with Crippen molar-refractivity contribution in [2.75, 3.05) is 11.4 Å². The SMILES string of the molecule is CC(C)(C)OC(=O)N[C@H](c1ccc2ccccc2c1)[C@@H](C(=O)N1CCc2cccnc21)C(F)(F)F. The van der Waals surface area contributed by atoms with Crippen molar-refractivity contribution in [1.82, 2.24) is 10.3 Å². The summed E-state index contributed by atoms with van der Waals surface area (Å²) in [6, 6.07) is 13.6.